The van der Waals surface area contributed by atoms with Crippen LogP contribution in [0.4, 0.5) is 0 Å². The summed E-state index contributed by atoms with van der Waals surface area (Å²) in [6, 6.07) is 11.9. The molecule has 1 aromatic carbocycles. The molecule has 0 aliphatic rings. The van der Waals surface area contributed by atoms with Gasteiger partial charge in [-0.3, -0.25) is 9.78 Å². The number of H-pyrrole nitrogens is 1. The third kappa shape index (κ3) is 4.03. The Labute approximate surface area is 167 Å². The van der Waals surface area contributed by atoms with Crippen LogP contribution >= 0.6 is 11.3 Å². The summed E-state index contributed by atoms with van der Waals surface area (Å²) < 4.78 is 0. The molecule has 0 atom stereocenters. The first-order chi connectivity index (χ1) is 13.6. The van der Waals surface area contributed by atoms with Crippen molar-refractivity contribution in [1.82, 2.24) is 20.3 Å². The molecule has 0 bridgehead atoms. The molecule has 0 radical (unpaired) electrons. The number of rotatable bonds is 6. The molecule has 4 aromatic rings. The van der Waals surface area contributed by atoms with Crippen LogP contribution in [-0.4, -0.2) is 21.5 Å². The average molecular weight is 391 g/mol. The molecule has 5 nitrogen and oxygen atoms in total. The van der Waals surface area contributed by atoms with Crippen molar-refractivity contribution in [1.29, 1.82) is 0 Å². The predicted octanol–water partition coefficient (Wildman–Crippen LogP) is 4.46. The van der Waals surface area contributed by atoms with E-state index in [-0.39, 0.29) is 5.56 Å². The molecule has 0 aliphatic carbocycles. The van der Waals surface area contributed by atoms with Crippen LogP contribution in [0.3, 0.4) is 0 Å². The second kappa shape index (κ2) is 8.04. The lowest BCUT2D eigenvalue weighted by Gasteiger charge is -2.08. The minimum Gasteiger partial charge on any atom is -0.321 e. The SMILES string of the molecule is CC(C)CNCc1ccc2cc(-c3csc(-c4ccncc4)n3)c(=O)[nH]c2c1. The van der Waals surface area contributed by atoms with Crippen molar-refractivity contribution in [3.8, 4) is 21.8 Å². The van der Waals surface area contributed by atoms with E-state index in [1.807, 2.05) is 29.6 Å². The van der Waals surface area contributed by atoms with E-state index in [0.29, 0.717) is 17.2 Å². The van der Waals surface area contributed by atoms with Crippen LogP contribution in [-0.2, 0) is 6.54 Å². The van der Waals surface area contributed by atoms with E-state index in [9.17, 15) is 4.79 Å². The number of thiazole rings is 1. The smallest absolute Gasteiger partial charge is 0.257 e. The zero-order valence-electron chi connectivity index (χ0n) is 15.9. The third-order valence-electron chi connectivity index (χ3n) is 4.50. The van der Waals surface area contributed by atoms with Crippen molar-refractivity contribution in [3.05, 3.63) is 70.1 Å². The Morgan fingerprint density at radius 2 is 1.96 bits per heavy atom. The second-order valence-electron chi connectivity index (χ2n) is 7.23. The van der Waals surface area contributed by atoms with Gasteiger partial charge in [0.2, 0.25) is 0 Å². The number of hydrogen-bond acceptors (Lipinski definition) is 5. The maximum absolute atomic E-state index is 12.7. The molecular weight excluding hydrogens is 368 g/mol. The fraction of sp³-hybridized carbons (Fsp3) is 0.227. The highest BCUT2D eigenvalue weighted by molar-refractivity contribution is 7.13. The molecule has 0 aliphatic heterocycles. The second-order valence-corrected chi connectivity index (χ2v) is 8.09. The number of nitrogens with zero attached hydrogens (tertiary/aromatic N) is 2. The summed E-state index contributed by atoms with van der Waals surface area (Å²) in [5.74, 6) is 0.609. The van der Waals surface area contributed by atoms with Crippen LogP contribution in [0.2, 0.25) is 0 Å². The predicted molar refractivity (Wildman–Crippen MR) is 115 cm³/mol. The Hall–Kier alpha value is -2.83. The molecule has 0 saturated carbocycles. The Kier molecular flexibility index (Phi) is 5.32. The summed E-state index contributed by atoms with van der Waals surface area (Å²) in [5, 5.41) is 7.24. The molecule has 0 saturated heterocycles. The first-order valence-corrected chi connectivity index (χ1v) is 10.2. The van der Waals surface area contributed by atoms with Crippen molar-refractivity contribution in [2.75, 3.05) is 6.54 Å². The summed E-state index contributed by atoms with van der Waals surface area (Å²) in [6.45, 7) is 6.13. The van der Waals surface area contributed by atoms with Gasteiger partial charge < -0.3 is 10.3 Å². The fourth-order valence-electron chi connectivity index (χ4n) is 3.08. The van der Waals surface area contributed by atoms with E-state index in [4.69, 9.17) is 0 Å². The topological polar surface area (TPSA) is 70.7 Å². The summed E-state index contributed by atoms with van der Waals surface area (Å²) >= 11 is 1.53. The highest BCUT2D eigenvalue weighted by Crippen LogP contribution is 2.28. The first kappa shape index (κ1) is 18.5. The number of aromatic nitrogens is 3. The molecule has 0 fully saturated rings. The standard InChI is InChI=1S/C22H22N4OS/c1-14(2)11-24-12-15-3-4-17-10-18(21(27)25-19(17)9-15)20-13-28-22(26-20)16-5-7-23-8-6-16/h3-10,13-14,24H,11-12H2,1-2H3,(H,25,27). The number of benzene rings is 1. The van der Waals surface area contributed by atoms with Gasteiger partial charge in [-0.2, -0.15) is 0 Å². The van der Waals surface area contributed by atoms with E-state index >= 15 is 0 Å². The molecule has 2 N–H and O–H groups in total. The number of nitrogens with one attached hydrogen (secondary N) is 2. The zero-order valence-corrected chi connectivity index (χ0v) is 16.7. The highest BCUT2D eigenvalue weighted by atomic mass is 32.1. The van der Waals surface area contributed by atoms with Crippen LogP contribution in [0.15, 0.2) is 59.0 Å². The molecule has 3 heterocycles. The quantitative estimate of drug-likeness (QED) is 0.510. The molecule has 28 heavy (non-hydrogen) atoms. The normalized spacial score (nSPS) is 11.4. The lowest BCUT2D eigenvalue weighted by molar-refractivity contribution is 0.552. The Morgan fingerprint density at radius 1 is 1.14 bits per heavy atom. The van der Waals surface area contributed by atoms with E-state index in [1.54, 1.807) is 12.4 Å². The molecule has 0 spiro atoms. The lowest BCUT2D eigenvalue weighted by Crippen LogP contribution is -2.19. The molecule has 142 valence electrons. The van der Waals surface area contributed by atoms with Gasteiger partial charge in [0.15, 0.2) is 0 Å². The van der Waals surface area contributed by atoms with Crippen molar-refractivity contribution in [3.63, 3.8) is 0 Å². The minimum absolute atomic E-state index is 0.119. The molecular formula is C22H22N4OS. The van der Waals surface area contributed by atoms with Crippen molar-refractivity contribution in [2.45, 2.75) is 20.4 Å². The molecule has 6 heteroatoms. The molecule has 0 unspecified atom stereocenters. The third-order valence-corrected chi connectivity index (χ3v) is 5.39. The van der Waals surface area contributed by atoms with Crippen molar-refractivity contribution >= 4 is 22.2 Å². The number of fused-ring (bicyclic) bond motifs is 1. The number of aromatic amines is 1. The van der Waals surface area contributed by atoms with Crippen LogP contribution in [0.1, 0.15) is 19.4 Å². The van der Waals surface area contributed by atoms with Crippen molar-refractivity contribution in [2.24, 2.45) is 5.92 Å². The number of pyridine rings is 2. The summed E-state index contributed by atoms with van der Waals surface area (Å²) in [4.78, 5) is 24.4. The van der Waals surface area contributed by atoms with Gasteiger partial charge in [0.1, 0.15) is 5.01 Å². The Bertz CT molecular complexity index is 1150. The monoisotopic (exact) mass is 390 g/mol. The van der Waals surface area contributed by atoms with Gasteiger partial charge in [-0.15, -0.1) is 11.3 Å². The fourth-order valence-corrected chi connectivity index (χ4v) is 3.90. The largest absolute Gasteiger partial charge is 0.321 e. The van der Waals surface area contributed by atoms with Gasteiger partial charge in [-0.05, 0) is 47.7 Å². The zero-order chi connectivity index (χ0) is 19.5. The minimum atomic E-state index is -0.119. The van der Waals surface area contributed by atoms with Crippen LogP contribution in [0, 0.1) is 5.92 Å². The van der Waals surface area contributed by atoms with Gasteiger partial charge in [-0.1, -0.05) is 26.0 Å². The van der Waals surface area contributed by atoms with E-state index in [0.717, 1.165) is 40.1 Å². The van der Waals surface area contributed by atoms with E-state index in [1.165, 1.54) is 11.3 Å². The van der Waals surface area contributed by atoms with Gasteiger partial charge in [0, 0.05) is 35.4 Å². The van der Waals surface area contributed by atoms with Gasteiger partial charge in [0.05, 0.1) is 11.3 Å². The van der Waals surface area contributed by atoms with E-state index in [2.05, 4.69) is 46.2 Å². The molecule has 3 aromatic heterocycles. The number of hydrogen-bond donors (Lipinski definition) is 2. The van der Waals surface area contributed by atoms with Crippen LogP contribution < -0.4 is 10.9 Å². The van der Waals surface area contributed by atoms with E-state index < -0.39 is 0 Å². The Morgan fingerprint density at radius 3 is 2.75 bits per heavy atom. The van der Waals surface area contributed by atoms with Crippen molar-refractivity contribution < 1.29 is 0 Å². The van der Waals surface area contributed by atoms with Gasteiger partial charge in [0.25, 0.3) is 5.56 Å². The summed E-state index contributed by atoms with van der Waals surface area (Å²) in [7, 11) is 0. The molecule has 4 rings (SSSR count). The van der Waals surface area contributed by atoms with Crippen LogP contribution in [0.5, 0.6) is 0 Å². The Balaban J connectivity index is 1.63. The average Bonchev–Trinajstić information content (AvgIpc) is 3.18. The molecule has 0 amide bonds. The van der Waals surface area contributed by atoms with Crippen LogP contribution in [0.25, 0.3) is 32.7 Å². The highest BCUT2D eigenvalue weighted by Gasteiger charge is 2.11. The lowest BCUT2D eigenvalue weighted by atomic mass is 10.1. The van der Waals surface area contributed by atoms with Gasteiger partial charge >= 0.3 is 0 Å². The maximum Gasteiger partial charge on any atom is 0.257 e. The van der Waals surface area contributed by atoms with Gasteiger partial charge in [-0.25, -0.2) is 4.98 Å². The summed E-state index contributed by atoms with van der Waals surface area (Å²) in [6.07, 6.45) is 3.49. The summed E-state index contributed by atoms with van der Waals surface area (Å²) in [5.41, 5.74) is 4.18. The maximum atomic E-state index is 12.7. The first-order valence-electron chi connectivity index (χ1n) is 9.33.